The van der Waals surface area contributed by atoms with Crippen LogP contribution in [0.25, 0.3) is 11.3 Å². The van der Waals surface area contributed by atoms with Crippen molar-refractivity contribution < 1.29 is 26.3 Å². The van der Waals surface area contributed by atoms with E-state index >= 15 is 0 Å². The molecule has 1 aliphatic heterocycles. The lowest BCUT2D eigenvalue weighted by Gasteiger charge is -2.32. The standard InChI is InChI=1S/C24H25F3N4O3S/c1-16-2-6-22(35(28,32)33)20(12-16)21-5-3-17(13-29-21)15-34-19-8-10-31(11-9-19)23-7-4-18(14-30-23)24(25,26)27/h2-7,12-14,19H,8-11,15H2,1H3,(H2,28,32,33). The maximum atomic E-state index is 12.7. The van der Waals surface area contributed by atoms with Gasteiger partial charge < -0.3 is 9.64 Å². The molecule has 186 valence electrons. The second-order valence-electron chi connectivity index (χ2n) is 8.50. The van der Waals surface area contributed by atoms with E-state index in [-0.39, 0.29) is 11.0 Å². The number of anilines is 1. The van der Waals surface area contributed by atoms with Gasteiger partial charge in [0, 0.05) is 31.0 Å². The molecule has 1 fully saturated rings. The molecule has 3 aromatic rings. The molecule has 4 rings (SSSR count). The van der Waals surface area contributed by atoms with Gasteiger partial charge in [-0.25, -0.2) is 18.5 Å². The molecule has 0 spiro atoms. The lowest BCUT2D eigenvalue weighted by Crippen LogP contribution is -2.37. The fourth-order valence-corrected chi connectivity index (χ4v) is 4.70. The number of nitrogens with two attached hydrogens (primary N) is 1. The number of halogens is 3. The van der Waals surface area contributed by atoms with Gasteiger partial charge in [0.1, 0.15) is 5.82 Å². The molecule has 0 radical (unpaired) electrons. The first-order chi connectivity index (χ1) is 16.5. The summed E-state index contributed by atoms with van der Waals surface area (Å²) in [6, 6.07) is 10.9. The predicted octanol–water partition coefficient (Wildman–Crippen LogP) is 4.30. The van der Waals surface area contributed by atoms with E-state index in [1.165, 1.54) is 12.1 Å². The van der Waals surface area contributed by atoms with Gasteiger partial charge >= 0.3 is 6.18 Å². The minimum atomic E-state index is -4.40. The second kappa shape index (κ2) is 9.92. The summed E-state index contributed by atoms with van der Waals surface area (Å²) in [6.45, 7) is 3.46. The first-order valence-electron chi connectivity index (χ1n) is 11.0. The van der Waals surface area contributed by atoms with Crippen LogP contribution in [-0.2, 0) is 27.5 Å². The van der Waals surface area contributed by atoms with Gasteiger partial charge in [0.2, 0.25) is 10.0 Å². The van der Waals surface area contributed by atoms with E-state index in [9.17, 15) is 21.6 Å². The van der Waals surface area contributed by atoms with Crippen LogP contribution in [0.3, 0.4) is 0 Å². The molecule has 1 aromatic carbocycles. The Morgan fingerprint density at radius 2 is 1.80 bits per heavy atom. The number of alkyl halides is 3. The van der Waals surface area contributed by atoms with Gasteiger partial charge in [0.25, 0.3) is 0 Å². The average Bonchev–Trinajstić information content (AvgIpc) is 2.82. The van der Waals surface area contributed by atoms with Crippen LogP contribution in [0.2, 0.25) is 0 Å². The van der Waals surface area contributed by atoms with Gasteiger partial charge in [-0.05, 0) is 55.7 Å². The molecule has 11 heteroatoms. The Morgan fingerprint density at radius 3 is 2.37 bits per heavy atom. The van der Waals surface area contributed by atoms with Crippen LogP contribution in [0.1, 0.15) is 29.5 Å². The molecule has 3 heterocycles. The van der Waals surface area contributed by atoms with Crippen molar-refractivity contribution in [2.75, 3.05) is 18.0 Å². The van der Waals surface area contributed by atoms with Crippen LogP contribution in [0.15, 0.2) is 59.8 Å². The van der Waals surface area contributed by atoms with Crippen molar-refractivity contribution in [3.63, 3.8) is 0 Å². The minimum Gasteiger partial charge on any atom is -0.373 e. The second-order valence-corrected chi connectivity index (χ2v) is 10.0. The number of nitrogens with zero attached hydrogens (tertiary/aromatic N) is 3. The summed E-state index contributed by atoms with van der Waals surface area (Å²) >= 11 is 0. The Hall–Kier alpha value is -3.02. The summed E-state index contributed by atoms with van der Waals surface area (Å²) in [5, 5.41) is 5.35. The zero-order valence-electron chi connectivity index (χ0n) is 19.0. The molecule has 0 unspecified atom stereocenters. The van der Waals surface area contributed by atoms with Gasteiger partial charge in [0.15, 0.2) is 0 Å². The number of sulfonamides is 1. The molecule has 1 saturated heterocycles. The molecule has 0 atom stereocenters. The van der Waals surface area contributed by atoms with Crippen LogP contribution in [0, 0.1) is 6.92 Å². The molecule has 0 saturated carbocycles. The lowest BCUT2D eigenvalue weighted by atomic mass is 10.1. The van der Waals surface area contributed by atoms with Gasteiger partial charge in [-0.1, -0.05) is 17.7 Å². The summed E-state index contributed by atoms with van der Waals surface area (Å²) in [7, 11) is -3.89. The van der Waals surface area contributed by atoms with E-state index in [0.29, 0.717) is 36.8 Å². The Balaban J connectivity index is 1.33. The number of pyridine rings is 2. The van der Waals surface area contributed by atoms with Gasteiger partial charge in [-0.15, -0.1) is 0 Å². The fraction of sp³-hybridized carbons (Fsp3) is 0.333. The van der Waals surface area contributed by atoms with Crippen molar-refractivity contribution in [3.05, 3.63) is 71.5 Å². The normalized spacial score (nSPS) is 15.4. The Labute approximate surface area is 201 Å². The largest absolute Gasteiger partial charge is 0.417 e. The van der Waals surface area contributed by atoms with Gasteiger partial charge in [-0.3, -0.25) is 4.98 Å². The van der Waals surface area contributed by atoms with Crippen molar-refractivity contribution in [2.45, 2.75) is 43.5 Å². The molecule has 1 aliphatic rings. The summed E-state index contributed by atoms with van der Waals surface area (Å²) in [4.78, 5) is 10.3. The third kappa shape index (κ3) is 6.16. The number of piperidine rings is 1. The number of benzene rings is 1. The van der Waals surface area contributed by atoms with E-state index < -0.39 is 21.8 Å². The van der Waals surface area contributed by atoms with Crippen molar-refractivity contribution in [2.24, 2.45) is 5.14 Å². The number of aryl methyl sites for hydroxylation is 1. The highest BCUT2D eigenvalue weighted by Gasteiger charge is 2.31. The maximum Gasteiger partial charge on any atom is 0.417 e. The number of hydrogen-bond donors (Lipinski definition) is 1. The van der Waals surface area contributed by atoms with E-state index in [1.54, 1.807) is 24.4 Å². The fourth-order valence-electron chi connectivity index (χ4n) is 3.97. The van der Waals surface area contributed by atoms with Crippen molar-refractivity contribution in [1.29, 1.82) is 0 Å². The Bertz CT molecular complexity index is 1270. The average molecular weight is 507 g/mol. The molecular formula is C24H25F3N4O3S. The maximum absolute atomic E-state index is 12.7. The minimum absolute atomic E-state index is 0.00568. The predicted molar refractivity (Wildman–Crippen MR) is 125 cm³/mol. The number of ether oxygens (including phenoxy) is 1. The molecular weight excluding hydrogens is 481 g/mol. The molecule has 2 N–H and O–H groups in total. The molecule has 0 amide bonds. The van der Waals surface area contributed by atoms with Crippen LogP contribution in [0.5, 0.6) is 0 Å². The first kappa shape index (κ1) is 25.1. The number of aromatic nitrogens is 2. The molecule has 2 aromatic heterocycles. The van der Waals surface area contributed by atoms with Crippen LogP contribution < -0.4 is 10.0 Å². The lowest BCUT2D eigenvalue weighted by molar-refractivity contribution is -0.137. The molecule has 35 heavy (non-hydrogen) atoms. The third-order valence-corrected chi connectivity index (χ3v) is 6.84. The Kier molecular flexibility index (Phi) is 7.11. The number of rotatable bonds is 6. The SMILES string of the molecule is Cc1ccc(S(N)(=O)=O)c(-c2ccc(COC3CCN(c4ccc(C(F)(F)F)cn4)CC3)cn2)c1. The highest BCUT2D eigenvalue weighted by molar-refractivity contribution is 7.89. The van der Waals surface area contributed by atoms with E-state index in [2.05, 4.69) is 9.97 Å². The molecule has 7 nitrogen and oxygen atoms in total. The summed E-state index contributed by atoms with van der Waals surface area (Å²) in [6.07, 6.45) is -0.455. The molecule has 0 aliphatic carbocycles. The summed E-state index contributed by atoms with van der Waals surface area (Å²) < 4.78 is 68.0. The zero-order valence-corrected chi connectivity index (χ0v) is 19.8. The highest BCUT2D eigenvalue weighted by Crippen LogP contribution is 2.30. The van der Waals surface area contributed by atoms with Crippen molar-refractivity contribution in [1.82, 2.24) is 9.97 Å². The van der Waals surface area contributed by atoms with Crippen LogP contribution >= 0.6 is 0 Å². The van der Waals surface area contributed by atoms with Crippen LogP contribution in [-0.4, -0.2) is 37.6 Å². The zero-order chi connectivity index (χ0) is 25.2. The quantitative estimate of drug-likeness (QED) is 0.535. The van der Waals surface area contributed by atoms with Gasteiger partial charge in [0.05, 0.1) is 28.9 Å². The topological polar surface area (TPSA) is 98.4 Å². The summed E-state index contributed by atoms with van der Waals surface area (Å²) in [5.74, 6) is 0.520. The van der Waals surface area contributed by atoms with E-state index in [0.717, 1.165) is 36.2 Å². The summed E-state index contributed by atoms with van der Waals surface area (Å²) in [5.41, 5.74) is 1.91. The monoisotopic (exact) mass is 506 g/mol. The smallest absolute Gasteiger partial charge is 0.373 e. The van der Waals surface area contributed by atoms with Crippen molar-refractivity contribution >= 4 is 15.8 Å². The van der Waals surface area contributed by atoms with Crippen LogP contribution in [0.4, 0.5) is 19.0 Å². The highest BCUT2D eigenvalue weighted by atomic mass is 32.2. The number of hydrogen-bond acceptors (Lipinski definition) is 6. The number of primary sulfonamides is 1. The molecule has 0 bridgehead atoms. The Morgan fingerprint density at radius 1 is 1.06 bits per heavy atom. The van der Waals surface area contributed by atoms with E-state index in [4.69, 9.17) is 9.88 Å². The van der Waals surface area contributed by atoms with E-state index in [1.807, 2.05) is 17.9 Å². The van der Waals surface area contributed by atoms with Gasteiger partial charge in [-0.2, -0.15) is 13.2 Å². The van der Waals surface area contributed by atoms with Crippen molar-refractivity contribution in [3.8, 4) is 11.3 Å². The first-order valence-corrected chi connectivity index (χ1v) is 12.5. The third-order valence-electron chi connectivity index (χ3n) is 5.87.